The van der Waals surface area contributed by atoms with Crippen LogP contribution < -0.4 is 0 Å². The Morgan fingerprint density at radius 1 is 1.32 bits per heavy atom. The minimum Gasteiger partial charge on any atom is -0.342 e. The highest BCUT2D eigenvalue weighted by Gasteiger charge is 2.32. The van der Waals surface area contributed by atoms with Crippen molar-refractivity contribution in [3.63, 3.8) is 0 Å². The first-order valence-corrected chi connectivity index (χ1v) is 8.87. The average molecular weight is 303 g/mol. The van der Waals surface area contributed by atoms with Crippen molar-refractivity contribution in [1.82, 2.24) is 14.5 Å². The lowest BCUT2D eigenvalue weighted by atomic mass is 10.0. The second-order valence-corrected chi connectivity index (χ2v) is 7.40. The summed E-state index contributed by atoms with van der Waals surface area (Å²) in [6.45, 7) is 8.42. The maximum atomic E-state index is 12.5. The maximum Gasteiger partial charge on any atom is 0.225 e. The van der Waals surface area contributed by atoms with Crippen molar-refractivity contribution in [2.24, 2.45) is 11.8 Å². The largest absolute Gasteiger partial charge is 0.342 e. The number of rotatable bonds is 4. The van der Waals surface area contributed by atoms with Gasteiger partial charge in [0.05, 0.1) is 0 Å². The average Bonchev–Trinajstić information content (AvgIpc) is 3.19. The van der Waals surface area contributed by atoms with E-state index < -0.39 is 0 Å². The zero-order valence-corrected chi connectivity index (χ0v) is 14.2. The number of aryl methyl sites for hydroxylation is 1. The van der Waals surface area contributed by atoms with Crippen LogP contribution in [0.15, 0.2) is 6.20 Å². The van der Waals surface area contributed by atoms with Gasteiger partial charge in [-0.3, -0.25) is 4.79 Å². The fourth-order valence-electron chi connectivity index (χ4n) is 4.24. The first-order valence-electron chi connectivity index (χ1n) is 8.87. The zero-order valence-electron chi connectivity index (χ0n) is 14.2. The highest BCUT2D eigenvalue weighted by atomic mass is 16.2. The van der Waals surface area contributed by atoms with Crippen LogP contribution in [-0.4, -0.2) is 33.4 Å². The molecule has 1 saturated heterocycles. The number of hydrogen-bond acceptors (Lipinski definition) is 2. The maximum absolute atomic E-state index is 12.5. The molecule has 2 heterocycles. The second-order valence-electron chi connectivity index (χ2n) is 7.40. The molecule has 1 unspecified atom stereocenters. The first kappa shape index (κ1) is 15.6. The van der Waals surface area contributed by atoms with Gasteiger partial charge in [0.25, 0.3) is 0 Å². The first-order chi connectivity index (χ1) is 10.6. The number of imidazole rings is 1. The molecular formula is C18H29N3O. The minimum absolute atomic E-state index is 0.318. The summed E-state index contributed by atoms with van der Waals surface area (Å²) in [6, 6.07) is 0.454. The van der Waals surface area contributed by atoms with Gasteiger partial charge in [0.1, 0.15) is 5.82 Å². The molecule has 0 spiro atoms. The lowest BCUT2D eigenvalue weighted by molar-refractivity contribution is -0.134. The van der Waals surface area contributed by atoms with E-state index in [1.165, 1.54) is 24.4 Å². The number of likely N-dealkylation sites (tertiary alicyclic amines) is 1. The lowest BCUT2D eigenvalue weighted by Gasteiger charge is -2.21. The molecule has 1 amide bonds. The van der Waals surface area contributed by atoms with E-state index in [4.69, 9.17) is 0 Å². The molecule has 122 valence electrons. The fraction of sp³-hybridized carbons (Fsp3) is 0.778. The van der Waals surface area contributed by atoms with E-state index in [9.17, 15) is 4.79 Å². The summed E-state index contributed by atoms with van der Waals surface area (Å²) in [5.41, 5.74) is 1.24. The van der Waals surface area contributed by atoms with E-state index in [2.05, 4.69) is 35.2 Å². The quantitative estimate of drug-likeness (QED) is 0.855. The molecule has 1 aromatic rings. The summed E-state index contributed by atoms with van der Waals surface area (Å²) < 4.78 is 2.33. The Labute approximate surface area is 133 Å². The van der Waals surface area contributed by atoms with Gasteiger partial charge in [-0.25, -0.2) is 4.98 Å². The van der Waals surface area contributed by atoms with E-state index in [1.807, 2.05) is 6.20 Å². The van der Waals surface area contributed by atoms with Crippen molar-refractivity contribution in [2.45, 2.75) is 65.3 Å². The normalized spacial score (nSPS) is 22.9. The molecule has 4 heteroatoms. The zero-order chi connectivity index (χ0) is 15.7. The molecule has 22 heavy (non-hydrogen) atoms. The van der Waals surface area contributed by atoms with Gasteiger partial charge in [-0.05, 0) is 46.0 Å². The predicted octanol–water partition coefficient (Wildman–Crippen LogP) is 3.35. The number of carbonyl (C=O) groups is 1. The van der Waals surface area contributed by atoms with Gasteiger partial charge < -0.3 is 9.47 Å². The molecular weight excluding hydrogens is 274 g/mol. The number of nitrogens with zero attached hydrogens (tertiary/aromatic N) is 3. The number of hydrogen-bond donors (Lipinski definition) is 0. The Balaban J connectivity index is 1.60. The molecule has 0 N–H and O–H groups in total. The monoisotopic (exact) mass is 303 g/mol. The Hall–Kier alpha value is -1.32. The molecule has 0 radical (unpaired) electrons. The summed E-state index contributed by atoms with van der Waals surface area (Å²) >= 11 is 0. The Kier molecular flexibility index (Phi) is 4.55. The number of carbonyl (C=O) groups excluding carboxylic acids is 1. The predicted molar refractivity (Wildman–Crippen MR) is 87.7 cm³/mol. The summed E-state index contributed by atoms with van der Waals surface area (Å²) in [7, 11) is 0. The van der Waals surface area contributed by atoms with Crippen molar-refractivity contribution in [3.8, 4) is 0 Å². The van der Waals surface area contributed by atoms with Crippen LogP contribution in [0.1, 0.15) is 63.5 Å². The van der Waals surface area contributed by atoms with Gasteiger partial charge in [-0.1, -0.05) is 12.8 Å². The van der Waals surface area contributed by atoms with Crippen molar-refractivity contribution < 1.29 is 4.79 Å². The standard InChI is InChI=1S/C18H29N3O/c1-13(2)21-14(3)11-19-17(21)10-15-8-9-20(12-15)18(22)16-6-4-5-7-16/h11,13,15-16H,4-10,12H2,1-3H3. The summed E-state index contributed by atoms with van der Waals surface area (Å²) in [4.78, 5) is 19.3. The molecule has 2 fully saturated rings. The molecule has 1 saturated carbocycles. The van der Waals surface area contributed by atoms with Crippen LogP contribution in [0.4, 0.5) is 0 Å². The van der Waals surface area contributed by atoms with E-state index in [-0.39, 0.29) is 0 Å². The van der Waals surface area contributed by atoms with Crippen LogP contribution in [0.2, 0.25) is 0 Å². The Morgan fingerprint density at radius 2 is 2.05 bits per heavy atom. The van der Waals surface area contributed by atoms with Crippen molar-refractivity contribution in [2.75, 3.05) is 13.1 Å². The van der Waals surface area contributed by atoms with Gasteiger partial charge in [-0.15, -0.1) is 0 Å². The van der Waals surface area contributed by atoms with Crippen LogP contribution in [0.5, 0.6) is 0 Å². The van der Waals surface area contributed by atoms with Crippen LogP contribution in [0.3, 0.4) is 0 Å². The summed E-state index contributed by atoms with van der Waals surface area (Å²) in [5.74, 6) is 2.50. The van der Waals surface area contributed by atoms with Crippen molar-refractivity contribution in [1.29, 1.82) is 0 Å². The third-order valence-corrected chi connectivity index (χ3v) is 5.35. The molecule has 3 rings (SSSR count). The molecule has 2 aliphatic rings. The Bertz CT molecular complexity index is 528. The molecule has 0 bridgehead atoms. The second kappa shape index (κ2) is 6.43. The minimum atomic E-state index is 0.318. The van der Waals surface area contributed by atoms with Crippen molar-refractivity contribution >= 4 is 5.91 Å². The Morgan fingerprint density at radius 3 is 2.73 bits per heavy atom. The van der Waals surface area contributed by atoms with E-state index in [1.54, 1.807) is 0 Å². The summed E-state index contributed by atoms with van der Waals surface area (Å²) in [5, 5.41) is 0. The number of amides is 1. The molecule has 1 aliphatic heterocycles. The smallest absolute Gasteiger partial charge is 0.225 e. The molecule has 1 aliphatic carbocycles. The number of aromatic nitrogens is 2. The van der Waals surface area contributed by atoms with Gasteiger partial charge in [0, 0.05) is 43.4 Å². The third kappa shape index (κ3) is 3.06. The molecule has 1 aromatic heterocycles. The molecule has 0 aromatic carbocycles. The van der Waals surface area contributed by atoms with Gasteiger partial charge in [0.15, 0.2) is 0 Å². The highest BCUT2D eigenvalue weighted by Crippen LogP contribution is 2.30. The van der Waals surface area contributed by atoms with Gasteiger partial charge in [-0.2, -0.15) is 0 Å². The van der Waals surface area contributed by atoms with Crippen LogP contribution in [0, 0.1) is 18.8 Å². The molecule has 4 nitrogen and oxygen atoms in total. The van der Waals surface area contributed by atoms with Crippen LogP contribution in [-0.2, 0) is 11.2 Å². The highest BCUT2D eigenvalue weighted by molar-refractivity contribution is 5.79. The fourth-order valence-corrected chi connectivity index (χ4v) is 4.24. The summed E-state index contributed by atoms with van der Waals surface area (Å²) in [6.07, 6.45) is 8.79. The topological polar surface area (TPSA) is 38.1 Å². The van der Waals surface area contributed by atoms with Crippen LogP contribution in [0.25, 0.3) is 0 Å². The SMILES string of the molecule is Cc1cnc(CC2CCN(C(=O)C3CCCC3)C2)n1C(C)C. The third-order valence-electron chi connectivity index (χ3n) is 5.35. The van der Waals surface area contributed by atoms with Gasteiger partial charge >= 0.3 is 0 Å². The van der Waals surface area contributed by atoms with Crippen molar-refractivity contribution in [3.05, 3.63) is 17.7 Å². The van der Waals surface area contributed by atoms with Gasteiger partial charge in [0.2, 0.25) is 5.91 Å². The van der Waals surface area contributed by atoms with Crippen LogP contribution >= 0.6 is 0 Å². The van der Waals surface area contributed by atoms with E-state index >= 15 is 0 Å². The lowest BCUT2D eigenvalue weighted by Crippen LogP contribution is -2.33. The van der Waals surface area contributed by atoms with E-state index in [0.29, 0.717) is 23.8 Å². The van der Waals surface area contributed by atoms with E-state index in [0.717, 1.165) is 38.8 Å². The molecule has 1 atom stereocenters.